The fraction of sp³-hybridized carbons (Fsp3) is 0.412. The minimum absolute atomic E-state index is 0.0391. The van der Waals surface area contributed by atoms with E-state index in [1.807, 2.05) is 0 Å². The van der Waals surface area contributed by atoms with Crippen LogP contribution in [0.2, 0.25) is 0 Å². The smallest absolute Gasteiger partial charge is 0.340 e. The summed E-state index contributed by atoms with van der Waals surface area (Å²) in [6, 6.07) is 1.63. The molecule has 9 nitrogen and oxygen atoms in total. The highest BCUT2D eigenvalue weighted by Gasteiger charge is 2.37. The van der Waals surface area contributed by atoms with Crippen LogP contribution in [0.25, 0.3) is 0 Å². The first kappa shape index (κ1) is 19.2. The van der Waals surface area contributed by atoms with E-state index in [9.17, 15) is 23.1 Å². The van der Waals surface area contributed by atoms with Crippen LogP contribution in [0.1, 0.15) is 38.0 Å². The van der Waals surface area contributed by atoms with Crippen molar-refractivity contribution in [3.8, 4) is 0 Å². The lowest BCUT2D eigenvalue weighted by Gasteiger charge is -2.33. The van der Waals surface area contributed by atoms with Crippen LogP contribution in [0, 0.1) is 20.8 Å². The Bertz CT molecular complexity index is 995. The Morgan fingerprint density at radius 3 is 2.22 bits per heavy atom. The number of carboxylic acid groups (broad SMARTS) is 1. The molecule has 0 atom stereocenters. The third kappa shape index (κ3) is 3.37. The van der Waals surface area contributed by atoms with Crippen LogP contribution < -0.4 is 0 Å². The molecule has 0 spiro atoms. The minimum atomic E-state index is -4.05. The lowest BCUT2D eigenvalue weighted by atomic mass is 10.2. The van der Waals surface area contributed by atoms with Gasteiger partial charge in [-0.25, -0.2) is 13.2 Å². The maximum absolute atomic E-state index is 13.0. The predicted octanol–water partition coefficient (Wildman–Crippen LogP) is 1.64. The van der Waals surface area contributed by atoms with Crippen molar-refractivity contribution in [2.45, 2.75) is 25.7 Å². The zero-order chi connectivity index (χ0) is 19.9. The van der Waals surface area contributed by atoms with Gasteiger partial charge in [0.15, 0.2) is 0 Å². The van der Waals surface area contributed by atoms with Crippen molar-refractivity contribution >= 4 is 21.9 Å². The fourth-order valence-electron chi connectivity index (χ4n) is 3.22. The Labute approximate surface area is 156 Å². The van der Waals surface area contributed by atoms with Crippen molar-refractivity contribution in [1.82, 2.24) is 9.21 Å². The van der Waals surface area contributed by atoms with Crippen molar-refractivity contribution in [3.05, 3.63) is 40.7 Å². The molecule has 0 unspecified atom stereocenters. The predicted molar refractivity (Wildman–Crippen MR) is 93.2 cm³/mol. The molecule has 1 N–H and O–H groups in total. The molecule has 1 aliphatic heterocycles. The number of hydrogen-bond acceptors (Lipinski definition) is 6. The minimum Gasteiger partial charge on any atom is -0.478 e. The van der Waals surface area contributed by atoms with Crippen molar-refractivity contribution in [2.24, 2.45) is 0 Å². The topological polar surface area (TPSA) is 121 Å². The highest BCUT2D eigenvalue weighted by atomic mass is 32.2. The lowest BCUT2D eigenvalue weighted by molar-refractivity contribution is 0.0689. The molecule has 1 saturated heterocycles. The van der Waals surface area contributed by atoms with Crippen molar-refractivity contribution in [1.29, 1.82) is 0 Å². The molecule has 0 bridgehead atoms. The number of carbonyl (C=O) groups excluding carboxylic acids is 1. The van der Waals surface area contributed by atoms with Crippen LogP contribution in [0.15, 0.2) is 26.1 Å². The second-order valence-corrected chi connectivity index (χ2v) is 8.24. The van der Waals surface area contributed by atoms with Crippen molar-refractivity contribution < 1.29 is 31.9 Å². The van der Waals surface area contributed by atoms with E-state index in [-0.39, 0.29) is 54.1 Å². The van der Waals surface area contributed by atoms with Gasteiger partial charge < -0.3 is 18.8 Å². The Balaban J connectivity index is 1.80. The van der Waals surface area contributed by atoms with Gasteiger partial charge in [-0.15, -0.1) is 0 Å². The quantitative estimate of drug-likeness (QED) is 0.834. The number of rotatable bonds is 4. The van der Waals surface area contributed by atoms with Gasteiger partial charge in [0, 0.05) is 26.2 Å². The van der Waals surface area contributed by atoms with Gasteiger partial charge in [0.05, 0.1) is 5.56 Å². The summed E-state index contributed by atoms with van der Waals surface area (Å²) in [4.78, 5) is 25.1. The third-order valence-electron chi connectivity index (χ3n) is 4.52. The van der Waals surface area contributed by atoms with Gasteiger partial charge >= 0.3 is 5.97 Å². The van der Waals surface area contributed by atoms with E-state index in [1.54, 1.807) is 17.9 Å². The summed E-state index contributed by atoms with van der Waals surface area (Å²) in [5, 5.41) is 9.36. The van der Waals surface area contributed by atoms with Gasteiger partial charge in [-0.05, 0) is 26.8 Å². The summed E-state index contributed by atoms with van der Waals surface area (Å²) < 4.78 is 37.5. The molecule has 146 valence electrons. The molecular formula is C17H20N2O7S. The Kier molecular flexibility index (Phi) is 4.87. The lowest BCUT2D eigenvalue weighted by Crippen LogP contribution is -2.50. The van der Waals surface area contributed by atoms with Crippen LogP contribution >= 0.6 is 0 Å². The molecule has 1 aliphatic rings. The number of aryl methyl sites for hydroxylation is 3. The largest absolute Gasteiger partial charge is 0.478 e. The average molecular weight is 396 g/mol. The van der Waals surface area contributed by atoms with Gasteiger partial charge in [-0.3, -0.25) is 4.79 Å². The highest BCUT2D eigenvalue weighted by Crippen LogP contribution is 2.30. The van der Waals surface area contributed by atoms with Crippen LogP contribution in [-0.2, 0) is 10.0 Å². The van der Waals surface area contributed by atoms with E-state index in [2.05, 4.69) is 0 Å². The second-order valence-electron chi connectivity index (χ2n) is 6.37. The molecule has 3 heterocycles. The molecule has 2 aromatic rings. The maximum Gasteiger partial charge on any atom is 0.340 e. The van der Waals surface area contributed by atoms with Crippen molar-refractivity contribution in [2.75, 3.05) is 26.2 Å². The molecule has 2 aromatic heterocycles. The molecule has 27 heavy (non-hydrogen) atoms. The van der Waals surface area contributed by atoms with E-state index >= 15 is 0 Å². The van der Waals surface area contributed by atoms with E-state index in [1.165, 1.54) is 24.4 Å². The first-order valence-corrected chi connectivity index (χ1v) is 9.74. The van der Waals surface area contributed by atoms with Gasteiger partial charge in [-0.1, -0.05) is 0 Å². The molecule has 1 fully saturated rings. The second kappa shape index (κ2) is 6.86. The normalized spacial score (nSPS) is 15.9. The van der Waals surface area contributed by atoms with Crippen LogP contribution in [0.4, 0.5) is 0 Å². The number of piperazine rings is 1. The van der Waals surface area contributed by atoms with Crippen molar-refractivity contribution in [3.63, 3.8) is 0 Å². The first-order chi connectivity index (χ1) is 12.6. The Morgan fingerprint density at radius 2 is 1.70 bits per heavy atom. The van der Waals surface area contributed by atoms with Gasteiger partial charge in [0.2, 0.25) is 10.0 Å². The average Bonchev–Trinajstić information content (AvgIpc) is 3.17. The van der Waals surface area contributed by atoms with Crippen LogP contribution in [-0.4, -0.2) is 60.8 Å². The van der Waals surface area contributed by atoms with Gasteiger partial charge in [0.25, 0.3) is 5.91 Å². The third-order valence-corrected chi connectivity index (χ3v) is 6.57. The van der Waals surface area contributed by atoms with E-state index in [4.69, 9.17) is 8.83 Å². The summed E-state index contributed by atoms with van der Waals surface area (Å²) >= 11 is 0. The molecule has 10 heteroatoms. The summed E-state index contributed by atoms with van der Waals surface area (Å²) in [5.74, 6) is -0.885. The van der Waals surface area contributed by atoms with Crippen LogP contribution in [0.5, 0.6) is 0 Å². The maximum atomic E-state index is 13.0. The van der Waals surface area contributed by atoms with Crippen LogP contribution in [0.3, 0.4) is 0 Å². The number of nitrogens with zero attached hydrogens (tertiary/aromatic N) is 2. The number of furan rings is 2. The van der Waals surface area contributed by atoms with E-state index in [0.29, 0.717) is 11.3 Å². The number of carboxylic acids is 1. The SMILES string of the molecule is Cc1cc(C(=O)N2CCN(S(=O)(=O)c3c(C)oc(C)c3C(=O)O)CC2)co1. The number of hydrogen-bond donors (Lipinski definition) is 1. The highest BCUT2D eigenvalue weighted by molar-refractivity contribution is 7.89. The Morgan fingerprint density at radius 1 is 1.07 bits per heavy atom. The summed E-state index contributed by atoms with van der Waals surface area (Å²) in [7, 11) is -4.05. The molecular weight excluding hydrogens is 376 g/mol. The van der Waals surface area contributed by atoms with E-state index < -0.39 is 16.0 Å². The number of aromatic carboxylic acids is 1. The number of carbonyl (C=O) groups is 2. The Hall–Kier alpha value is -2.59. The summed E-state index contributed by atoms with van der Waals surface area (Å²) in [6.45, 7) is 5.09. The number of sulfonamides is 1. The van der Waals surface area contributed by atoms with Gasteiger partial charge in [-0.2, -0.15) is 4.31 Å². The van der Waals surface area contributed by atoms with Gasteiger partial charge in [0.1, 0.15) is 34.0 Å². The molecule has 0 aliphatic carbocycles. The zero-order valence-electron chi connectivity index (χ0n) is 15.2. The molecule has 1 amide bonds. The first-order valence-electron chi connectivity index (χ1n) is 8.30. The molecule has 0 radical (unpaired) electrons. The summed E-state index contributed by atoms with van der Waals surface area (Å²) in [6.07, 6.45) is 1.37. The monoisotopic (exact) mass is 396 g/mol. The standard InChI is InChI=1S/C17H20N2O7S/c1-10-8-13(9-25-10)16(20)18-4-6-19(7-5-18)27(23,24)15-12(3)26-11(2)14(15)17(21)22/h8-9H,4-7H2,1-3H3,(H,21,22). The fourth-order valence-corrected chi connectivity index (χ4v) is 5.02. The molecule has 3 rings (SSSR count). The van der Waals surface area contributed by atoms with E-state index in [0.717, 1.165) is 0 Å². The number of amides is 1. The molecule has 0 aromatic carbocycles. The zero-order valence-corrected chi connectivity index (χ0v) is 16.0. The summed E-state index contributed by atoms with van der Waals surface area (Å²) in [5.41, 5.74) is 0.0677. The molecule has 0 saturated carbocycles.